The number of nitrogens with zero attached hydrogens (tertiary/aromatic N) is 1. The third-order valence-electron chi connectivity index (χ3n) is 3.58. The maximum Gasteiger partial charge on any atom is 0.266 e. The van der Waals surface area contributed by atoms with Gasteiger partial charge in [0.05, 0.1) is 19.2 Å². The molecular formula is C21H17ClN2O4. The molecule has 7 heteroatoms. The van der Waals surface area contributed by atoms with Crippen LogP contribution in [0.4, 0.5) is 5.69 Å². The minimum atomic E-state index is -0.560. The molecule has 2 aromatic carbocycles. The van der Waals surface area contributed by atoms with Crippen molar-refractivity contribution in [2.75, 3.05) is 26.1 Å². The lowest BCUT2D eigenvalue weighted by Crippen LogP contribution is -2.13. The van der Waals surface area contributed by atoms with E-state index in [0.717, 1.165) is 0 Å². The first kappa shape index (κ1) is 20.7. The van der Waals surface area contributed by atoms with Gasteiger partial charge in [-0.3, -0.25) is 4.79 Å². The summed E-state index contributed by atoms with van der Waals surface area (Å²) in [6.07, 6.45) is 6.59. The van der Waals surface area contributed by atoms with E-state index in [1.807, 2.05) is 6.07 Å². The van der Waals surface area contributed by atoms with Crippen LogP contribution < -0.4 is 19.5 Å². The third kappa shape index (κ3) is 5.20. The van der Waals surface area contributed by atoms with E-state index < -0.39 is 5.91 Å². The van der Waals surface area contributed by atoms with Crippen LogP contribution >= 0.6 is 11.6 Å². The molecule has 0 heterocycles. The fraction of sp³-hybridized carbons (Fsp3) is 0.143. The molecule has 0 aliphatic rings. The van der Waals surface area contributed by atoms with Crippen molar-refractivity contribution < 1.29 is 19.0 Å². The van der Waals surface area contributed by atoms with Gasteiger partial charge in [-0.05, 0) is 48.0 Å². The van der Waals surface area contributed by atoms with Gasteiger partial charge in [0.2, 0.25) is 0 Å². The fourth-order valence-electron chi connectivity index (χ4n) is 2.27. The minimum Gasteiger partial charge on any atom is -0.497 e. The Bertz CT molecular complexity index is 970. The molecule has 0 saturated heterocycles. The zero-order valence-corrected chi connectivity index (χ0v) is 16.0. The second-order valence-electron chi connectivity index (χ2n) is 5.38. The summed E-state index contributed by atoms with van der Waals surface area (Å²) in [6, 6.07) is 11.8. The number of hydrogen-bond donors (Lipinski definition) is 1. The van der Waals surface area contributed by atoms with Crippen LogP contribution in [0.5, 0.6) is 17.2 Å². The number of ether oxygens (including phenoxy) is 3. The SMILES string of the molecule is C#CCOc1c(Cl)cc(/C=C(/C#N)C(=O)Nc2ccc(OC)cc2)cc1OC. The fourth-order valence-corrected chi connectivity index (χ4v) is 2.54. The molecule has 0 atom stereocenters. The Morgan fingerprint density at radius 3 is 2.54 bits per heavy atom. The molecule has 1 amide bonds. The van der Waals surface area contributed by atoms with Crippen molar-refractivity contribution >= 4 is 29.3 Å². The third-order valence-corrected chi connectivity index (χ3v) is 3.86. The Hall–Kier alpha value is -3.61. The summed E-state index contributed by atoms with van der Waals surface area (Å²) in [7, 11) is 3.00. The number of terminal acetylenes is 1. The summed E-state index contributed by atoms with van der Waals surface area (Å²) >= 11 is 6.22. The first-order valence-corrected chi connectivity index (χ1v) is 8.41. The number of methoxy groups -OCH3 is 2. The van der Waals surface area contributed by atoms with Gasteiger partial charge < -0.3 is 19.5 Å². The summed E-state index contributed by atoms with van der Waals surface area (Å²) in [5.41, 5.74) is 0.920. The topological polar surface area (TPSA) is 80.6 Å². The monoisotopic (exact) mass is 396 g/mol. The largest absolute Gasteiger partial charge is 0.497 e. The summed E-state index contributed by atoms with van der Waals surface area (Å²) in [5, 5.41) is 12.3. The van der Waals surface area contributed by atoms with Gasteiger partial charge in [-0.1, -0.05) is 17.5 Å². The number of carbonyl (C=O) groups is 1. The van der Waals surface area contributed by atoms with Crippen LogP contribution in [0.2, 0.25) is 5.02 Å². The van der Waals surface area contributed by atoms with Gasteiger partial charge >= 0.3 is 0 Å². The molecule has 2 aromatic rings. The van der Waals surface area contributed by atoms with E-state index in [1.165, 1.54) is 13.2 Å². The quantitative estimate of drug-likeness (QED) is 0.436. The smallest absolute Gasteiger partial charge is 0.266 e. The average Bonchev–Trinajstić information content (AvgIpc) is 2.71. The molecule has 6 nitrogen and oxygen atoms in total. The lowest BCUT2D eigenvalue weighted by Gasteiger charge is -2.12. The highest BCUT2D eigenvalue weighted by Crippen LogP contribution is 2.37. The highest BCUT2D eigenvalue weighted by Gasteiger charge is 2.14. The molecular weight excluding hydrogens is 380 g/mol. The standard InChI is InChI=1S/C21H17ClN2O4/c1-4-9-28-20-18(22)11-14(12-19(20)27-3)10-15(13-23)21(25)24-16-5-7-17(26-2)8-6-16/h1,5-8,10-12H,9H2,2-3H3,(H,24,25)/b15-10-. The maximum absolute atomic E-state index is 12.4. The van der Waals surface area contributed by atoms with E-state index in [9.17, 15) is 10.1 Å². The number of nitriles is 1. The Morgan fingerprint density at radius 2 is 1.96 bits per heavy atom. The molecule has 0 radical (unpaired) electrons. The molecule has 2 rings (SSSR count). The van der Waals surface area contributed by atoms with Crippen LogP contribution in [0, 0.1) is 23.7 Å². The van der Waals surface area contributed by atoms with Crippen LogP contribution in [-0.2, 0) is 4.79 Å². The maximum atomic E-state index is 12.4. The van der Waals surface area contributed by atoms with Crippen LogP contribution in [-0.4, -0.2) is 26.7 Å². The molecule has 1 N–H and O–H groups in total. The number of rotatable bonds is 7. The highest BCUT2D eigenvalue weighted by atomic mass is 35.5. The Balaban J connectivity index is 2.27. The molecule has 0 bridgehead atoms. The van der Waals surface area contributed by atoms with Gasteiger partial charge in [0.15, 0.2) is 11.5 Å². The number of amides is 1. The van der Waals surface area contributed by atoms with Crippen molar-refractivity contribution in [2.45, 2.75) is 0 Å². The Kier molecular flexibility index (Phi) is 7.33. The molecule has 0 aliphatic heterocycles. The van der Waals surface area contributed by atoms with E-state index in [2.05, 4.69) is 11.2 Å². The predicted molar refractivity (Wildman–Crippen MR) is 108 cm³/mol. The number of anilines is 1. The van der Waals surface area contributed by atoms with E-state index in [0.29, 0.717) is 28.5 Å². The van der Waals surface area contributed by atoms with Crippen LogP contribution in [0.25, 0.3) is 6.08 Å². The van der Waals surface area contributed by atoms with Crippen LogP contribution in [0.3, 0.4) is 0 Å². The Labute approximate surface area is 168 Å². The normalized spacial score (nSPS) is 10.4. The molecule has 0 fully saturated rings. The van der Waals surface area contributed by atoms with Crippen molar-refractivity contribution in [3.63, 3.8) is 0 Å². The van der Waals surface area contributed by atoms with Crippen molar-refractivity contribution in [3.8, 4) is 35.7 Å². The van der Waals surface area contributed by atoms with E-state index in [-0.39, 0.29) is 17.2 Å². The molecule has 0 saturated carbocycles. The summed E-state index contributed by atoms with van der Waals surface area (Å²) in [5.74, 6) is 3.07. The van der Waals surface area contributed by atoms with Gasteiger partial charge in [0.25, 0.3) is 5.91 Å². The van der Waals surface area contributed by atoms with Gasteiger partial charge in [-0.15, -0.1) is 6.42 Å². The first-order chi connectivity index (χ1) is 13.5. The molecule has 0 aliphatic carbocycles. The summed E-state index contributed by atoms with van der Waals surface area (Å²) in [6.45, 7) is 0.0268. The summed E-state index contributed by atoms with van der Waals surface area (Å²) < 4.78 is 15.7. The number of halogens is 1. The number of benzene rings is 2. The van der Waals surface area contributed by atoms with Crippen molar-refractivity contribution in [2.24, 2.45) is 0 Å². The number of carbonyl (C=O) groups excluding carboxylic acids is 1. The molecule has 0 aromatic heterocycles. The Morgan fingerprint density at radius 1 is 1.25 bits per heavy atom. The van der Waals surface area contributed by atoms with Crippen LogP contribution in [0.15, 0.2) is 42.0 Å². The zero-order chi connectivity index (χ0) is 20.5. The van der Waals surface area contributed by atoms with Crippen LogP contribution in [0.1, 0.15) is 5.56 Å². The van der Waals surface area contributed by atoms with Crippen molar-refractivity contribution in [1.29, 1.82) is 5.26 Å². The summed E-state index contributed by atoms with van der Waals surface area (Å²) in [4.78, 5) is 12.4. The minimum absolute atomic E-state index is 0.0268. The lowest BCUT2D eigenvalue weighted by molar-refractivity contribution is -0.112. The lowest BCUT2D eigenvalue weighted by atomic mass is 10.1. The van der Waals surface area contributed by atoms with Gasteiger partial charge in [0.1, 0.15) is 24.0 Å². The highest BCUT2D eigenvalue weighted by molar-refractivity contribution is 6.32. The second-order valence-corrected chi connectivity index (χ2v) is 5.79. The average molecular weight is 397 g/mol. The molecule has 0 spiro atoms. The van der Waals surface area contributed by atoms with E-state index in [4.69, 9.17) is 32.2 Å². The van der Waals surface area contributed by atoms with E-state index >= 15 is 0 Å². The van der Waals surface area contributed by atoms with Gasteiger partial charge in [-0.2, -0.15) is 5.26 Å². The second kappa shape index (κ2) is 9.91. The predicted octanol–water partition coefficient (Wildman–Crippen LogP) is 3.91. The van der Waals surface area contributed by atoms with Gasteiger partial charge in [-0.25, -0.2) is 0 Å². The van der Waals surface area contributed by atoms with E-state index in [1.54, 1.807) is 43.5 Å². The number of hydrogen-bond acceptors (Lipinski definition) is 5. The van der Waals surface area contributed by atoms with Gasteiger partial charge in [0, 0.05) is 5.69 Å². The first-order valence-electron chi connectivity index (χ1n) is 8.03. The zero-order valence-electron chi connectivity index (χ0n) is 15.3. The van der Waals surface area contributed by atoms with Crippen molar-refractivity contribution in [1.82, 2.24) is 0 Å². The molecule has 0 unspecified atom stereocenters. The van der Waals surface area contributed by atoms with Crippen molar-refractivity contribution in [3.05, 3.63) is 52.6 Å². The molecule has 142 valence electrons. The number of nitrogens with one attached hydrogen (secondary N) is 1. The molecule has 28 heavy (non-hydrogen) atoms.